The highest BCUT2D eigenvalue weighted by Gasteiger charge is 2.07. The first-order valence-electron chi connectivity index (χ1n) is 4.78. The number of halogens is 1. The fourth-order valence-corrected chi connectivity index (χ4v) is 1.36. The molecule has 0 radical (unpaired) electrons. The van der Waals surface area contributed by atoms with E-state index in [-0.39, 0.29) is 18.0 Å². The Kier molecular flexibility index (Phi) is 3.39. The van der Waals surface area contributed by atoms with Gasteiger partial charge in [-0.25, -0.2) is 4.39 Å². The Morgan fingerprint density at radius 1 is 1.43 bits per heavy atom. The minimum Gasteiger partial charge on any atom is -0.300 e. The summed E-state index contributed by atoms with van der Waals surface area (Å²) in [5.74, 6) is 0.0655. The Morgan fingerprint density at radius 2 is 2.07 bits per heavy atom. The number of hydrogen-bond donors (Lipinski definition) is 0. The average Bonchev–Trinajstić information content (AvgIpc) is 2.07. The van der Waals surface area contributed by atoms with Crippen LogP contribution in [0.4, 0.5) is 4.39 Å². The second-order valence-electron chi connectivity index (χ2n) is 3.88. The van der Waals surface area contributed by atoms with Crippen LogP contribution in [0.1, 0.15) is 37.8 Å². The molecule has 0 aliphatic rings. The summed E-state index contributed by atoms with van der Waals surface area (Å²) in [5.41, 5.74) is 1.58. The van der Waals surface area contributed by atoms with Gasteiger partial charge in [0, 0.05) is 6.42 Å². The number of rotatable bonds is 3. The molecule has 2 heteroatoms. The van der Waals surface area contributed by atoms with Gasteiger partial charge < -0.3 is 0 Å². The number of benzene rings is 1. The minimum absolute atomic E-state index is 0.00944. The third-order valence-corrected chi connectivity index (χ3v) is 2.18. The molecule has 0 aliphatic heterocycles. The van der Waals surface area contributed by atoms with Crippen molar-refractivity contribution in [3.8, 4) is 0 Å². The third-order valence-electron chi connectivity index (χ3n) is 2.18. The molecule has 0 aromatic heterocycles. The smallest absolute Gasteiger partial charge is 0.134 e. The van der Waals surface area contributed by atoms with E-state index in [0.29, 0.717) is 11.5 Å². The molecule has 0 spiro atoms. The van der Waals surface area contributed by atoms with Crippen LogP contribution in [0.15, 0.2) is 18.2 Å². The largest absolute Gasteiger partial charge is 0.300 e. The van der Waals surface area contributed by atoms with Gasteiger partial charge in [-0.15, -0.1) is 0 Å². The first kappa shape index (κ1) is 10.9. The number of ketones is 1. The van der Waals surface area contributed by atoms with Crippen molar-refractivity contribution >= 4 is 5.78 Å². The second-order valence-corrected chi connectivity index (χ2v) is 3.88. The lowest BCUT2D eigenvalue weighted by molar-refractivity contribution is -0.116. The summed E-state index contributed by atoms with van der Waals surface area (Å²) in [4.78, 5) is 10.9. The van der Waals surface area contributed by atoms with Crippen molar-refractivity contribution < 1.29 is 9.18 Å². The van der Waals surface area contributed by atoms with E-state index in [1.165, 1.54) is 13.0 Å². The van der Waals surface area contributed by atoms with Gasteiger partial charge in [-0.05, 0) is 30.0 Å². The van der Waals surface area contributed by atoms with Gasteiger partial charge in [-0.1, -0.05) is 26.0 Å². The Labute approximate surface area is 83.9 Å². The molecule has 1 aromatic carbocycles. The summed E-state index contributed by atoms with van der Waals surface area (Å²) >= 11 is 0. The molecule has 76 valence electrons. The zero-order chi connectivity index (χ0) is 10.7. The van der Waals surface area contributed by atoms with Crippen LogP contribution in [0.3, 0.4) is 0 Å². The molecule has 14 heavy (non-hydrogen) atoms. The fraction of sp³-hybridized carbons (Fsp3) is 0.417. The number of hydrogen-bond acceptors (Lipinski definition) is 1. The van der Waals surface area contributed by atoms with Crippen molar-refractivity contribution in [3.05, 3.63) is 35.1 Å². The van der Waals surface area contributed by atoms with E-state index >= 15 is 0 Å². The minimum atomic E-state index is -0.287. The Balaban J connectivity index is 3.02. The van der Waals surface area contributed by atoms with Crippen molar-refractivity contribution in [1.82, 2.24) is 0 Å². The number of carbonyl (C=O) groups excluding carboxylic acids is 1. The summed E-state index contributed by atoms with van der Waals surface area (Å²) in [6.45, 7) is 5.57. The molecule has 0 saturated heterocycles. The van der Waals surface area contributed by atoms with E-state index in [9.17, 15) is 9.18 Å². The number of Topliss-reactive ketones (excluding diaryl/α,β-unsaturated/α-hetero) is 1. The summed E-state index contributed by atoms with van der Waals surface area (Å²) in [7, 11) is 0. The van der Waals surface area contributed by atoms with Crippen LogP contribution in [0.2, 0.25) is 0 Å². The van der Waals surface area contributed by atoms with Gasteiger partial charge in [-0.2, -0.15) is 0 Å². The van der Waals surface area contributed by atoms with E-state index in [2.05, 4.69) is 0 Å². The highest BCUT2D eigenvalue weighted by molar-refractivity contribution is 5.78. The van der Waals surface area contributed by atoms with Crippen molar-refractivity contribution in [2.75, 3.05) is 0 Å². The molecule has 0 fully saturated rings. The average molecular weight is 194 g/mol. The molecule has 0 N–H and O–H groups in total. The summed E-state index contributed by atoms with van der Waals surface area (Å²) < 4.78 is 13.2. The number of carbonyl (C=O) groups is 1. The maximum Gasteiger partial charge on any atom is 0.134 e. The van der Waals surface area contributed by atoms with Crippen molar-refractivity contribution in [3.63, 3.8) is 0 Å². The van der Waals surface area contributed by atoms with Crippen molar-refractivity contribution in [1.29, 1.82) is 0 Å². The highest BCUT2D eigenvalue weighted by atomic mass is 19.1. The first-order chi connectivity index (χ1) is 6.50. The Morgan fingerprint density at radius 3 is 2.57 bits per heavy atom. The van der Waals surface area contributed by atoms with Gasteiger partial charge in [0.1, 0.15) is 11.6 Å². The summed E-state index contributed by atoms with van der Waals surface area (Å²) in [6.07, 6.45) is 0.187. The maximum absolute atomic E-state index is 13.2. The summed E-state index contributed by atoms with van der Waals surface area (Å²) in [6, 6.07) is 4.98. The third kappa shape index (κ3) is 2.66. The molecular formula is C12H15FO. The lowest BCUT2D eigenvalue weighted by Gasteiger charge is -2.08. The van der Waals surface area contributed by atoms with E-state index < -0.39 is 0 Å². The predicted molar refractivity (Wildman–Crippen MR) is 54.9 cm³/mol. The SMILES string of the molecule is CC(=O)Cc1cc(C(C)C)ccc1F. The van der Waals surface area contributed by atoms with Gasteiger partial charge in [0.15, 0.2) is 0 Å². The fourth-order valence-electron chi connectivity index (χ4n) is 1.36. The molecule has 1 rings (SSSR count). The van der Waals surface area contributed by atoms with Gasteiger partial charge in [0.2, 0.25) is 0 Å². The van der Waals surface area contributed by atoms with Crippen LogP contribution in [-0.2, 0) is 11.2 Å². The standard InChI is InChI=1S/C12H15FO/c1-8(2)10-4-5-12(13)11(7-10)6-9(3)14/h4-5,7-8H,6H2,1-3H3. The first-order valence-corrected chi connectivity index (χ1v) is 4.78. The van der Waals surface area contributed by atoms with E-state index in [1.807, 2.05) is 13.8 Å². The topological polar surface area (TPSA) is 17.1 Å². The van der Waals surface area contributed by atoms with Gasteiger partial charge in [0.25, 0.3) is 0 Å². The Bertz CT molecular complexity index is 342. The zero-order valence-electron chi connectivity index (χ0n) is 8.80. The molecule has 0 unspecified atom stereocenters. The quantitative estimate of drug-likeness (QED) is 0.722. The van der Waals surface area contributed by atoms with Crippen LogP contribution in [0.25, 0.3) is 0 Å². The molecule has 1 nitrogen and oxygen atoms in total. The van der Waals surface area contributed by atoms with Crippen molar-refractivity contribution in [2.24, 2.45) is 0 Å². The van der Waals surface area contributed by atoms with Crippen LogP contribution < -0.4 is 0 Å². The van der Waals surface area contributed by atoms with Crippen LogP contribution >= 0.6 is 0 Å². The molecule has 1 aromatic rings. The molecule has 0 heterocycles. The Hall–Kier alpha value is -1.18. The predicted octanol–water partition coefficient (Wildman–Crippen LogP) is 3.08. The molecule has 0 aliphatic carbocycles. The maximum atomic E-state index is 13.2. The van der Waals surface area contributed by atoms with E-state index in [1.54, 1.807) is 12.1 Å². The van der Waals surface area contributed by atoms with Crippen LogP contribution in [0, 0.1) is 5.82 Å². The highest BCUT2D eigenvalue weighted by Crippen LogP contribution is 2.18. The second kappa shape index (κ2) is 4.36. The lowest BCUT2D eigenvalue weighted by Crippen LogP contribution is -2.01. The molecule has 0 amide bonds. The lowest BCUT2D eigenvalue weighted by atomic mass is 9.98. The monoisotopic (exact) mass is 194 g/mol. The van der Waals surface area contributed by atoms with Crippen molar-refractivity contribution in [2.45, 2.75) is 33.1 Å². The summed E-state index contributed by atoms with van der Waals surface area (Å²) in [5, 5.41) is 0. The molecule has 0 bridgehead atoms. The van der Waals surface area contributed by atoms with Gasteiger partial charge >= 0.3 is 0 Å². The van der Waals surface area contributed by atoms with E-state index in [0.717, 1.165) is 5.56 Å². The molecule has 0 saturated carbocycles. The zero-order valence-corrected chi connectivity index (χ0v) is 8.80. The van der Waals surface area contributed by atoms with Gasteiger partial charge in [-0.3, -0.25) is 4.79 Å². The van der Waals surface area contributed by atoms with E-state index in [4.69, 9.17) is 0 Å². The van der Waals surface area contributed by atoms with Gasteiger partial charge in [0.05, 0.1) is 0 Å². The molecule has 0 atom stereocenters. The molecular weight excluding hydrogens is 179 g/mol. The van der Waals surface area contributed by atoms with Crippen LogP contribution in [-0.4, -0.2) is 5.78 Å². The normalized spacial score (nSPS) is 10.6. The van der Waals surface area contributed by atoms with Crippen LogP contribution in [0.5, 0.6) is 0 Å².